The van der Waals surface area contributed by atoms with Crippen molar-refractivity contribution < 1.29 is 4.74 Å². The quantitative estimate of drug-likeness (QED) is 0.561. The first-order chi connectivity index (χ1) is 12.6. The molecular weight excluding hydrogens is 352 g/mol. The molecule has 3 aromatic heterocycles. The van der Waals surface area contributed by atoms with Gasteiger partial charge in [0.1, 0.15) is 11.6 Å². The number of hydrogen-bond donors (Lipinski definition) is 2. The van der Waals surface area contributed by atoms with Gasteiger partial charge < -0.3 is 15.0 Å². The lowest BCUT2D eigenvalue weighted by atomic mass is 10.3. The fourth-order valence-corrected chi connectivity index (χ4v) is 3.60. The second-order valence-corrected chi connectivity index (χ2v) is 6.87. The van der Waals surface area contributed by atoms with Crippen LogP contribution in [0.15, 0.2) is 29.1 Å². The smallest absolute Gasteiger partial charge is 0.275 e. The van der Waals surface area contributed by atoms with E-state index in [0.29, 0.717) is 16.5 Å². The third-order valence-electron chi connectivity index (χ3n) is 4.12. The van der Waals surface area contributed by atoms with Crippen LogP contribution < -0.4 is 15.6 Å². The highest BCUT2D eigenvalue weighted by Gasteiger charge is 2.15. The zero-order chi connectivity index (χ0) is 18.3. The second-order valence-electron chi connectivity index (χ2n) is 5.91. The summed E-state index contributed by atoms with van der Waals surface area (Å²) in [6.45, 7) is 3.95. The van der Waals surface area contributed by atoms with E-state index < -0.39 is 0 Å². The zero-order valence-electron chi connectivity index (χ0n) is 14.6. The molecule has 9 heteroatoms. The lowest BCUT2D eigenvalue weighted by molar-refractivity contribution is 0.415. The Balaban J connectivity index is 1.63. The maximum Gasteiger partial charge on any atom is 0.275 e. The maximum atomic E-state index is 12.1. The Labute approximate surface area is 152 Å². The SMILES string of the molecule is CCc1cc(=O)n2nc(N[C@@H](C)c3nc4ccc(OC)cc4[nH]3)sc2n1. The molecule has 4 aromatic rings. The van der Waals surface area contributed by atoms with Gasteiger partial charge in [-0.05, 0) is 25.5 Å². The van der Waals surface area contributed by atoms with Gasteiger partial charge in [0.15, 0.2) is 0 Å². The second kappa shape index (κ2) is 6.41. The number of aryl methyl sites for hydroxylation is 1. The summed E-state index contributed by atoms with van der Waals surface area (Å²) in [5.41, 5.74) is 2.37. The predicted octanol–water partition coefficient (Wildman–Crippen LogP) is 2.77. The summed E-state index contributed by atoms with van der Waals surface area (Å²) in [6.07, 6.45) is 0.714. The number of methoxy groups -OCH3 is 1. The first-order valence-corrected chi connectivity index (χ1v) is 9.09. The van der Waals surface area contributed by atoms with Crippen molar-refractivity contribution in [2.24, 2.45) is 0 Å². The summed E-state index contributed by atoms with van der Waals surface area (Å²) in [5.74, 6) is 1.55. The average Bonchev–Trinajstić information content (AvgIpc) is 3.24. The summed E-state index contributed by atoms with van der Waals surface area (Å²) in [4.78, 5) is 25.0. The number of nitrogens with one attached hydrogen (secondary N) is 2. The number of imidazole rings is 1. The molecule has 0 saturated heterocycles. The summed E-state index contributed by atoms with van der Waals surface area (Å²) < 4.78 is 6.56. The highest BCUT2D eigenvalue weighted by atomic mass is 32.1. The van der Waals surface area contributed by atoms with Crippen LogP contribution in [0.25, 0.3) is 16.0 Å². The molecule has 0 fully saturated rings. The van der Waals surface area contributed by atoms with Crippen LogP contribution >= 0.6 is 11.3 Å². The van der Waals surface area contributed by atoms with Crippen molar-refractivity contribution in [1.82, 2.24) is 24.6 Å². The molecule has 0 unspecified atom stereocenters. The molecule has 134 valence electrons. The van der Waals surface area contributed by atoms with E-state index in [9.17, 15) is 4.79 Å². The standard InChI is InChI=1S/C17H18N6O2S/c1-4-10-7-14(24)23-17(19-10)26-16(22-23)18-9(2)15-20-12-6-5-11(25-3)8-13(12)21-15/h5-9H,4H2,1-3H3,(H,18,22)(H,20,21)/t9-/m0/s1. The van der Waals surface area contributed by atoms with Gasteiger partial charge in [-0.2, -0.15) is 4.52 Å². The number of ether oxygens (including phenoxy) is 1. The first kappa shape index (κ1) is 16.5. The van der Waals surface area contributed by atoms with Crippen molar-refractivity contribution in [3.05, 3.63) is 46.1 Å². The van der Waals surface area contributed by atoms with Crippen molar-refractivity contribution in [3.8, 4) is 5.75 Å². The van der Waals surface area contributed by atoms with Gasteiger partial charge in [-0.25, -0.2) is 9.97 Å². The van der Waals surface area contributed by atoms with Crippen LogP contribution in [0.4, 0.5) is 5.13 Å². The Kier molecular flexibility index (Phi) is 4.08. The van der Waals surface area contributed by atoms with Gasteiger partial charge in [-0.3, -0.25) is 4.79 Å². The van der Waals surface area contributed by atoms with Crippen molar-refractivity contribution in [3.63, 3.8) is 0 Å². The van der Waals surface area contributed by atoms with Crippen LogP contribution in [0.3, 0.4) is 0 Å². The number of aromatic nitrogens is 5. The van der Waals surface area contributed by atoms with Crippen molar-refractivity contribution in [1.29, 1.82) is 0 Å². The first-order valence-electron chi connectivity index (χ1n) is 8.27. The van der Waals surface area contributed by atoms with E-state index >= 15 is 0 Å². The number of aromatic amines is 1. The number of rotatable bonds is 5. The van der Waals surface area contributed by atoms with Crippen LogP contribution in [0.1, 0.15) is 31.4 Å². The van der Waals surface area contributed by atoms with Gasteiger partial charge >= 0.3 is 0 Å². The van der Waals surface area contributed by atoms with Crippen LogP contribution in [0, 0.1) is 0 Å². The van der Waals surface area contributed by atoms with Gasteiger partial charge in [0.2, 0.25) is 10.1 Å². The maximum absolute atomic E-state index is 12.1. The number of benzene rings is 1. The predicted molar refractivity (Wildman–Crippen MR) is 101 cm³/mol. The van der Waals surface area contributed by atoms with Crippen LogP contribution in [-0.4, -0.2) is 31.7 Å². The zero-order valence-corrected chi connectivity index (χ0v) is 15.4. The molecule has 4 rings (SSSR count). The molecule has 1 aromatic carbocycles. The lowest BCUT2D eigenvalue weighted by Crippen LogP contribution is -2.15. The lowest BCUT2D eigenvalue weighted by Gasteiger charge is -2.08. The highest BCUT2D eigenvalue weighted by Crippen LogP contribution is 2.25. The van der Waals surface area contributed by atoms with Crippen molar-refractivity contribution in [2.45, 2.75) is 26.3 Å². The highest BCUT2D eigenvalue weighted by molar-refractivity contribution is 7.20. The van der Waals surface area contributed by atoms with Crippen LogP contribution in [0.2, 0.25) is 0 Å². The van der Waals surface area contributed by atoms with E-state index in [1.165, 1.54) is 21.9 Å². The molecule has 0 bridgehead atoms. The summed E-state index contributed by atoms with van der Waals surface area (Å²) in [5, 5.41) is 8.23. The normalized spacial score (nSPS) is 12.6. The summed E-state index contributed by atoms with van der Waals surface area (Å²) in [7, 11) is 1.63. The minimum absolute atomic E-state index is 0.115. The van der Waals surface area contributed by atoms with Crippen LogP contribution in [0.5, 0.6) is 5.75 Å². The third-order valence-corrected chi connectivity index (χ3v) is 4.96. The molecule has 3 heterocycles. The molecule has 8 nitrogen and oxygen atoms in total. The molecule has 0 radical (unpaired) electrons. The van der Waals surface area contributed by atoms with Gasteiger partial charge in [0, 0.05) is 17.8 Å². The average molecular weight is 370 g/mol. The minimum Gasteiger partial charge on any atom is -0.497 e. The molecule has 0 amide bonds. The molecule has 2 N–H and O–H groups in total. The van der Waals surface area contributed by atoms with E-state index in [-0.39, 0.29) is 11.6 Å². The Morgan fingerprint density at radius 2 is 2.19 bits per heavy atom. The Morgan fingerprint density at radius 1 is 1.35 bits per heavy atom. The largest absolute Gasteiger partial charge is 0.497 e. The number of hydrogen-bond acceptors (Lipinski definition) is 7. The molecule has 26 heavy (non-hydrogen) atoms. The number of H-pyrrole nitrogens is 1. The molecule has 0 aliphatic heterocycles. The fraction of sp³-hybridized carbons (Fsp3) is 0.294. The third kappa shape index (κ3) is 2.90. The van der Waals surface area contributed by atoms with Gasteiger partial charge in [-0.15, -0.1) is 5.10 Å². The van der Waals surface area contributed by atoms with Crippen LogP contribution in [-0.2, 0) is 6.42 Å². The van der Waals surface area contributed by atoms with Crippen molar-refractivity contribution in [2.75, 3.05) is 12.4 Å². The van der Waals surface area contributed by atoms with E-state index in [1.807, 2.05) is 32.0 Å². The number of fused-ring (bicyclic) bond motifs is 2. The van der Waals surface area contributed by atoms with E-state index in [4.69, 9.17) is 4.74 Å². The number of anilines is 1. The van der Waals surface area contributed by atoms with E-state index in [1.54, 1.807) is 7.11 Å². The number of nitrogens with zero attached hydrogens (tertiary/aromatic N) is 4. The van der Waals surface area contributed by atoms with E-state index in [2.05, 4.69) is 25.4 Å². The summed E-state index contributed by atoms with van der Waals surface area (Å²) in [6, 6.07) is 7.10. The Morgan fingerprint density at radius 3 is 2.96 bits per heavy atom. The molecule has 0 aliphatic rings. The molecular formula is C17H18N6O2S. The molecule has 0 spiro atoms. The minimum atomic E-state index is -0.167. The Bertz CT molecular complexity index is 1150. The fourth-order valence-electron chi connectivity index (χ4n) is 2.69. The van der Waals surface area contributed by atoms with Gasteiger partial charge in [0.25, 0.3) is 5.56 Å². The van der Waals surface area contributed by atoms with E-state index in [0.717, 1.165) is 28.3 Å². The van der Waals surface area contributed by atoms with Crippen molar-refractivity contribution >= 4 is 32.5 Å². The molecule has 0 aliphatic carbocycles. The monoisotopic (exact) mass is 370 g/mol. The summed E-state index contributed by atoms with van der Waals surface area (Å²) >= 11 is 1.34. The molecule has 1 atom stereocenters. The molecule has 0 saturated carbocycles. The Hall–Kier alpha value is -2.94. The topological polar surface area (TPSA) is 97.2 Å². The van der Waals surface area contributed by atoms with Gasteiger partial charge in [0.05, 0.1) is 24.2 Å². The van der Waals surface area contributed by atoms with Gasteiger partial charge in [-0.1, -0.05) is 18.3 Å².